The Kier molecular flexibility index (Phi) is 5.22. The maximum Gasteiger partial charge on any atom is 0.410 e. The quantitative estimate of drug-likeness (QED) is 0.817. The lowest BCUT2D eigenvalue weighted by molar-refractivity contribution is 0.0224. The predicted octanol–water partition coefficient (Wildman–Crippen LogP) is 4.19. The molecule has 0 spiro atoms. The van der Waals surface area contributed by atoms with Crippen LogP contribution in [0.1, 0.15) is 49.7 Å². The molecule has 0 aliphatic carbocycles. The van der Waals surface area contributed by atoms with Crippen LogP contribution in [0.15, 0.2) is 30.3 Å². The summed E-state index contributed by atoms with van der Waals surface area (Å²) in [6, 6.07) is 9.56. The predicted molar refractivity (Wildman–Crippen MR) is 95.6 cm³/mol. The Morgan fingerprint density at radius 1 is 1.28 bits per heavy atom. The van der Waals surface area contributed by atoms with Gasteiger partial charge < -0.3 is 9.47 Å². The molecule has 1 aromatic heterocycles. The van der Waals surface area contributed by atoms with E-state index in [1.165, 1.54) is 11.3 Å². The minimum absolute atomic E-state index is 0.0576. The summed E-state index contributed by atoms with van der Waals surface area (Å²) in [5, 5.41) is 10.1. The maximum atomic E-state index is 12.4. The highest BCUT2D eigenvalue weighted by atomic mass is 32.1. The summed E-state index contributed by atoms with van der Waals surface area (Å²) in [5.41, 5.74) is -0.500. The fourth-order valence-electron chi connectivity index (χ4n) is 2.68. The number of hydrogen-bond donors (Lipinski definition) is 0. The lowest BCUT2D eigenvalue weighted by atomic mass is 10.2. The topological polar surface area (TPSA) is 64.5 Å². The molecule has 1 aliphatic rings. The molecular weight excluding hydrogens is 338 g/mol. The Morgan fingerprint density at radius 2 is 2.04 bits per heavy atom. The monoisotopic (exact) mass is 361 g/mol. The number of hydrogen-bond acceptors (Lipinski definition) is 6. The summed E-state index contributed by atoms with van der Waals surface area (Å²) in [4.78, 5) is 14.2. The number of likely N-dealkylation sites (tertiary alicyclic amines) is 1. The van der Waals surface area contributed by atoms with Gasteiger partial charge >= 0.3 is 6.09 Å². The lowest BCUT2D eigenvalue weighted by Crippen LogP contribution is -2.36. The Balaban J connectivity index is 1.63. The molecule has 0 radical (unpaired) electrons. The van der Waals surface area contributed by atoms with E-state index in [0.717, 1.165) is 28.6 Å². The first kappa shape index (κ1) is 17.7. The van der Waals surface area contributed by atoms with E-state index in [9.17, 15) is 4.79 Å². The SMILES string of the molecule is CC(C)(C)OC(=O)N1CCCC1c1nnc(COc2ccccc2)s1. The van der Waals surface area contributed by atoms with Crippen molar-refractivity contribution in [2.75, 3.05) is 6.54 Å². The maximum absolute atomic E-state index is 12.4. The second-order valence-electron chi connectivity index (χ2n) is 6.97. The van der Waals surface area contributed by atoms with Gasteiger partial charge in [0.1, 0.15) is 23.0 Å². The molecule has 0 bridgehead atoms. The number of ether oxygens (including phenoxy) is 2. The van der Waals surface area contributed by atoms with Gasteiger partial charge in [-0.3, -0.25) is 4.90 Å². The van der Waals surface area contributed by atoms with E-state index in [1.54, 1.807) is 4.90 Å². The summed E-state index contributed by atoms with van der Waals surface area (Å²) in [7, 11) is 0. The smallest absolute Gasteiger partial charge is 0.410 e. The fraction of sp³-hybridized carbons (Fsp3) is 0.500. The highest BCUT2D eigenvalue weighted by molar-refractivity contribution is 7.11. The average molecular weight is 361 g/mol. The van der Waals surface area contributed by atoms with Crippen LogP contribution >= 0.6 is 11.3 Å². The molecule has 1 fully saturated rings. The highest BCUT2D eigenvalue weighted by Crippen LogP contribution is 2.34. The molecule has 134 valence electrons. The number of aromatic nitrogens is 2. The first-order valence-electron chi connectivity index (χ1n) is 8.42. The standard InChI is InChI=1S/C18H23N3O3S/c1-18(2,3)24-17(22)21-11-7-10-14(21)16-20-19-15(25-16)12-23-13-8-5-4-6-9-13/h4-6,8-9,14H,7,10-12H2,1-3H3. The van der Waals surface area contributed by atoms with E-state index in [0.29, 0.717) is 13.2 Å². The third kappa shape index (κ3) is 4.69. The number of nitrogens with zero attached hydrogens (tertiary/aromatic N) is 3. The molecule has 1 aromatic carbocycles. The molecule has 1 unspecified atom stereocenters. The fourth-order valence-corrected chi connectivity index (χ4v) is 3.59. The Morgan fingerprint density at radius 3 is 2.76 bits per heavy atom. The van der Waals surface area contributed by atoms with Crippen LogP contribution in [0.3, 0.4) is 0 Å². The van der Waals surface area contributed by atoms with Crippen LogP contribution in [0.2, 0.25) is 0 Å². The molecule has 0 saturated carbocycles. The first-order valence-corrected chi connectivity index (χ1v) is 9.24. The second-order valence-corrected chi connectivity index (χ2v) is 8.06. The molecule has 2 aromatic rings. The Hall–Kier alpha value is -2.15. The van der Waals surface area contributed by atoms with E-state index in [1.807, 2.05) is 51.1 Å². The molecule has 25 heavy (non-hydrogen) atoms. The van der Waals surface area contributed by atoms with E-state index in [2.05, 4.69) is 10.2 Å². The van der Waals surface area contributed by atoms with Gasteiger partial charge in [-0.2, -0.15) is 0 Å². The average Bonchev–Trinajstić information content (AvgIpc) is 3.21. The van der Waals surface area contributed by atoms with E-state index in [-0.39, 0.29) is 12.1 Å². The number of benzene rings is 1. The van der Waals surface area contributed by atoms with Crippen molar-refractivity contribution in [2.24, 2.45) is 0 Å². The van der Waals surface area contributed by atoms with Gasteiger partial charge in [-0.15, -0.1) is 10.2 Å². The molecule has 3 rings (SSSR count). The number of para-hydroxylation sites is 1. The zero-order chi connectivity index (χ0) is 17.9. The molecule has 6 nitrogen and oxygen atoms in total. The zero-order valence-corrected chi connectivity index (χ0v) is 15.6. The molecular formula is C18H23N3O3S. The number of amides is 1. The highest BCUT2D eigenvalue weighted by Gasteiger charge is 2.35. The van der Waals surface area contributed by atoms with Crippen molar-refractivity contribution in [3.63, 3.8) is 0 Å². The number of carbonyl (C=O) groups excluding carboxylic acids is 1. The van der Waals surface area contributed by atoms with Crippen molar-refractivity contribution in [3.8, 4) is 5.75 Å². The van der Waals surface area contributed by atoms with Crippen LogP contribution in [-0.2, 0) is 11.3 Å². The summed E-state index contributed by atoms with van der Waals surface area (Å²) in [6.45, 7) is 6.69. The van der Waals surface area contributed by atoms with Gasteiger partial charge in [0.15, 0.2) is 5.01 Å². The van der Waals surface area contributed by atoms with E-state index >= 15 is 0 Å². The number of rotatable bonds is 4. The number of carbonyl (C=O) groups is 1. The van der Waals surface area contributed by atoms with E-state index in [4.69, 9.17) is 9.47 Å². The summed E-state index contributed by atoms with van der Waals surface area (Å²) in [5.74, 6) is 0.801. The largest absolute Gasteiger partial charge is 0.486 e. The molecule has 7 heteroatoms. The minimum Gasteiger partial charge on any atom is -0.486 e. The normalized spacial score (nSPS) is 17.6. The van der Waals surface area contributed by atoms with Crippen LogP contribution in [0.4, 0.5) is 4.79 Å². The van der Waals surface area contributed by atoms with Gasteiger partial charge in [0.2, 0.25) is 0 Å². The molecule has 1 amide bonds. The van der Waals surface area contributed by atoms with Crippen LogP contribution in [-0.4, -0.2) is 33.3 Å². The Labute approximate surface area is 151 Å². The third-order valence-corrected chi connectivity index (χ3v) is 4.75. The van der Waals surface area contributed by atoms with Crippen molar-refractivity contribution in [1.29, 1.82) is 0 Å². The van der Waals surface area contributed by atoms with Gasteiger partial charge in [-0.05, 0) is 45.7 Å². The molecule has 1 aliphatic heterocycles. The molecule has 2 heterocycles. The zero-order valence-electron chi connectivity index (χ0n) is 14.8. The van der Waals surface area contributed by atoms with Crippen molar-refractivity contribution in [2.45, 2.75) is 51.9 Å². The van der Waals surface area contributed by atoms with Gasteiger partial charge in [0.25, 0.3) is 0 Å². The summed E-state index contributed by atoms with van der Waals surface area (Å²) in [6.07, 6.45) is 1.54. The molecule has 0 N–H and O–H groups in total. The van der Waals surface area contributed by atoms with Crippen molar-refractivity contribution >= 4 is 17.4 Å². The van der Waals surface area contributed by atoms with E-state index < -0.39 is 5.60 Å². The summed E-state index contributed by atoms with van der Waals surface area (Å²) >= 11 is 1.49. The van der Waals surface area contributed by atoms with Crippen LogP contribution < -0.4 is 4.74 Å². The van der Waals surface area contributed by atoms with Gasteiger partial charge in [-0.1, -0.05) is 29.5 Å². The molecule has 1 saturated heterocycles. The Bertz CT molecular complexity index is 712. The summed E-state index contributed by atoms with van der Waals surface area (Å²) < 4.78 is 11.2. The second kappa shape index (κ2) is 7.39. The van der Waals surface area contributed by atoms with Crippen LogP contribution in [0.25, 0.3) is 0 Å². The lowest BCUT2D eigenvalue weighted by Gasteiger charge is -2.27. The van der Waals surface area contributed by atoms with Crippen LogP contribution in [0, 0.1) is 0 Å². The third-order valence-electron chi connectivity index (χ3n) is 3.75. The van der Waals surface area contributed by atoms with Crippen LogP contribution in [0.5, 0.6) is 5.75 Å². The van der Waals surface area contributed by atoms with Gasteiger partial charge in [0.05, 0.1) is 6.04 Å². The molecule has 1 atom stereocenters. The van der Waals surface area contributed by atoms with Crippen molar-refractivity contribution < 1.29 is 14.3 Å². The van der Waals surface area contributed by atoms with Gasteiger partial charge in [-0.25, -0.2) is 4.79 Å². The van der Waals surface area contributed by atoms with Crippen molar-refractivity contribution in [3.05, 3.63) is 40.3 Å². The first-order chi connectivity index (χ1) is 11.9. The van der Waals surface area contributed by atoms with Crippen molar-refractivity contribution in [1.82, 2.24) is 15.1 Å². The minimum atomic E-state index is -0.500. The van der Waals surface area contributed by atoms with Gasteiger partial charge in [0, 0.05) is 6.54 Å².